The molecule has 2 aromatic rings. The number of pyridine rings is 1. The van der Waals surface area contributed by atoms with Crippen LogP contribution in [0.4, 0.5) is 0 Å². The van der Waals surface area contributed by atoms with Gasteiger partial charge in [-0.2, -0.15) is 0 Å². The highest BCUT2D eigenvalue weighted by Crippen LogP contribution is 2.22. The summed E-state index contributed by atoms with van der Waals surface area (Å²) < 4.78 is 6.11. The summed E-state index contributed by atoms with van der Waals surface area (Å²) in [6.45, 7) is 0. The average molecular weight is 316 g/mol. The molecule has 0 bridgehead atoms. The molecule has 0 fully saturated rings. The topological polar surface area (TPSA) is 89.1 Å². The molecule has 0 aliphatic carbocycles. The quantitative estimate of drug-likeness (QED) is 0.864. The average Bonchev–Trinajstić information content (AvgIpc) is 2.76. The summed E-state index contributed by atoms with van der Waals surface area (Å²) in [5.41, 5.74) is 0.544. The van der Waals surface area contributed by atoms with Gasteiger partial charge >= 0.3 is 5.97 Å². The Kier molecular flexibility index (Phi) is 3.75. The third-order valence-corrected chi connectivity index (χ3v) is 2.94. The van der Waals surface area contributed by atoms with Crippen molar-refractivity contribution >= 4 is 33.7 Å². The fraction of sp³-hybridized carbons (Fsp3) is 0.111. The summed E-state index contributed by atoms with van der Waals surface area (Å²) in [6, 6.07) is 3.53. The summed E-state index contributed by atoms with van der Waals surface area (Å²) in [6.07, 6.45) is 1.61. The smallest absolute Gasteiger partial charge is 0.314 e. The maximum absolute atomic E-state index is 10.4. The molecule has 2 rings (SSSR count). The second-order valence-corrected chi connectivity index (χ2v) is 4.76. The lowest BCUT2D eigenvalue weighted by Gasteiger charge is -1.93. The number of aliphatic carboxylic acids is 1. The Labute approximate surface area is 109 Å². The molecule has 6 nitrogen and oxygen atoms in total. The Morgan fingerprint density at radius 2 is 2.29 bits per heavy atom. The first-order chi connectivity index (χ1) is 8.15. The van der Waals surface area contributed by atoms with E-state index >= 15 is 0 Å². The van der Waals surface area contributed by atoms with E-state index in [1.54, 1.807) is 18.3 Å². The SMILES string of the molecule is O=C(O)CSc1nnc(-c2ccc(Br)cn2)o1. The lowest BCUT2D eigenvalue weighted by molar-refractivity contribution is -0.133. The summed E-state index contributed by atoms with van der Waals surface area (Å²) in [5, 5.41) is 16.2. The first-order valence-corrected chi connectivity index (χ1v) is 6.23. The Hall–Kier alpha value is -1.41. The molecule has 0 radical (unpaired) electrons. The summed E-state index contributed by atoms with van der Waals surface area (Å²) in [4.78, 5) is 14.4. The van der Waals surface area contributed by atoms with Crippen LogP contribution in [-0.4, -0.2) is 32.0 Å². The van der Waals surface area contributed by atoms with Crippen LogP contribution < -0.4 is 0 Å². The van der Waals surface area contributed by atoms with Gasteiger partial charge in [0.2, 0.25) is 0 Å². The van der Waals surface area contributed by atoms with Gasteiger partial charge in [-0.1, -0.05) is 11.8 Å². The molecule has 0 saturated carbocycles. The van der Waals surface area contributed by atoms with Crippen LogP contribution in [0.2, 0.25) is 0 Å². The van der Waals surface area contributed by atoms with Gasteiger partial charge in [0.25, 0.3) is 11.1 Å². The maximum atomic E-state index is 10.4. The third-order valence-electron chi connectivity index (χ3n) is 1.67. The third kappa shape index (κ3) is 3.27. The molecule has 88 valence electrons. The highest BCUT2D eigenvalue weighted by atomic mass is 79.9. The van der Waals surface area contributed by atoms with Crippen LogP contribution in [0, 0.1) is 0 Å². The van der Waals surface area contributed by atoms with Crippen molar-refractivity contribution in [1.82, 2.24) is 15.2 Å². The zero-order chi connectivity index (χ0) is 12.3. The molecule has 0 aliphatic rings. The molecule has 0 saturated heterocycles. The van der Waals surface area contributed by atoms with Crippen molar-refractivity contribution < 1.29 is 14.3 Å². The summed E-state index contributed by atoms with van der Waals surface area (Å²) >= 11 is 4.24. The Balaban J connectivity index is 2.12. The van der Waals surface area contributed by atoms with Crippen LogP contribution in [0.5, 0.6) is 0 Å². The normalized spacial score (nSPS) is 10.4. The van der Waals surface area contributed by atoms with Gasteiger partial charge in [-0.25, -0.2) is 4.98 Å². The van der Waals surface area contributed by atoms with Crippen LogP contribution in [0.3, 0.4) is 0 Å². The van der Waals surface area contributed by atoms with E-state index in [1.165, 1.54) is 0 Å². The van der Waals surface area contributed by atoms with Crippen molar-refractivity contribution in [2.45, 2.75) is 5.22 Å². The molecule has 2 heterocycles. The highest BCUT2D eigenvalue weighted by Gasteiger charge is 2.11. The van der Waals surface area contributed by atoms with Gasteiger partial charge in [-0.05, 0) is 28.1 Å². The summed E-state index contributed by atoms with van der Waals surface area (Å²) in [5.74, 6) is -0.781. The number of carboxylic acid groups (broad SMARTS) is 1. The minimum absolute atomic E-state index is 0.116. The molecule has 0 amide bonds. The maximum Gasteiger partial charge on any atom is 0.314 e. The lowest BCUT2D eigenvalue weighted by atomic mass is 10.3. The number of carboxylic acids is 1. The Morgan fingerprint density at radius 3 is 2.94 bits per heavy atom. The predicted octanol–water partition coefficient (Wildman–Crippen LogP) is 2.07. The molecule has 2 aromatic heterocycles. The van der Waals surface area contributed by atoms with Crippen LogP contribution in [-0.2, 0) is 4.79 Å². The van der Waals surface area contributed by atoms with Gasteiger partial charge in [-0.15, -0.1) is 10.2 Å². The number of hydrogen-bond donors (Lipinski definition) is 1. The largest absolute Gasteiger partial charge is 0.481 e. The Morgan fingerprint density at radius 1 is 1.47 bits per heavy atom. The minimum atomic E-state index is -0.934. The van der Waals surface area contributed by atoms with Crippen LogP contribution in [0.25, 0.3) is 11.6 Å². The molecule has 0 spiro atoms. The van der Waals surface area contributed by atoms with Crippen molar-refractivity contribution in [2.24, 2.45) is 0 Å². The van der Waals surface area contributed by atoms with Crippen molar-refractivity contribution in [3.8, 4) is 11.6 Å². The fourth-order valence-corrected chi connectivity index (χ4v) is 1.72. The molecule has 0 unspecified atom stereocenters. The Bertz CT molecular complexity index is 529. The number of rotatable bonds is 4. The van der Waals surface area contributed by atoms with Crippen LogP contribution in [0.1, 0.15) is 0 Å². The van der Waals surface area contributed by atoms with Gasteiger partial charge in [0.15, 0.2) is 0 Å². The number of nitrogens with zero attached hydrogens (tertiary/aromatic N) is 3. The predicted molar refractivity (Wildman–Crippen MR) is 63.6 cm³/mol. The molecule has 0 atom stereocenters. The molecule has 0 aliphatic heterocycles. The molecular weight excluding hydrogens is 310 g/mol. The first kappa shape index (κ1) is 12.1. The monoisotopic (exact) mass is 315 g/mol. The van der Waals surface area contributed by atoms with Crippen LogP contribution >= 0.6 is 27.7 Å². The number of thioether (sulfide) groups is 1. The van der Waals surface area contributed by atoms with E-state index in [4.69, 9.17) is 9.52 Å². The van der Waals surface area contributed by atoms with Crippen molar-refractivity contribution in [2.75, 3.05) is 5.75 Å². The zero-order valence-corrected chi connectivity index (χ0v) is 10.7. The van der Waals surface area contributed by atoms with E-state index in [0.717, 1.165) is 16.2 Å². The van der Waals surface area contributed by atoms with Gasteiger partial charge in [0.05, 0.1) is 0 Å². The molecule has 17 heavy (non-hydrogen) atoms. The minimum Gasteiger partial charge on any atom is -0.481 e. The van der Waals surface area contributed by atoms with Gasteiger partial charge in [0.1, 0.15) is 11.4 Å². The van der Waals surface area contributed by atoms with Crippen molar-refractivity contribution in [3.05, 3.63) is 22.8 Å². The van der Waals surface area contributed by atoms with Gasteiger partial charge in [-0.3, -0.25) is 4.79 Å². The number of aromatic nitrogens is 3. The van der Waals surface area contributed by atoms with E-state index in [0.29, 0.717) is 5.69 Å². The molecule has 8 heteroatoms. The molecule has 1 N–H and O–H groups in total. The van der Waals surface area contributed by atoms with E-state index in [-0.39, 0.29) is 16.9 Å². The van der Waals surface area contributed by atoms with Gasteiger partial charge < -0.3 is 9.52 Å². The van der Waals surface area contributed by atoms with Crippen molar-refractivity contribution in [3.63, 3.8) is 0 Å². The second kappa shape index (κ2) is 5.28. The molecule has 0 aromatic carbocycles. The van der Waals surface area contributed by atoms with Crippen LogP contribution in [0.15, 0.2) is 32.4 Å². The van der Waals surface area contributed by atoms with Crippen molar-refractivity contribution in [1.29, 1.82) is 0 Å². The van der Waals surface area contributed by atoms with E-state index in [2.05, 4.69) is 31.1 Å². The summed E-state index contributed by atoms with van der Waals surface area (Å²) in [7, 11) is 0. The lowest BCUT2D eigenvalue weighted by Crippen LogP contribution is -1.97. The standard InChI is InChI=1S/C9H6BrN3O3S/c10-5-1-2-6(11-3-5)8-12-13-9(16-8)17-4-7(14)15/h1-3H,4H2,(H,14,15). The highest BCUT2D eigenvalue weighted by molar-refractivity contribution is 9.10. The zero-order valence-electron chi connectivity index (χ0n) is 8.33. The fourth-order valence-electron chi connectivity index (χ4n) is 0.997. The molecular formula is C9H6BrN3O3S. The van der Waals surface area contributed by atoms with Gasteiger partial charge in [0, 0.05) is 10.7 Å². The first-order valence-electron chi connectivity index (χ1n) is 4.45. The van der Waals surface area contributed by atoms with E-state index < -0.39 is 5.97 Å². The van der Waals surface area contributed by atoms with E-state index in [1.807, 2.05) is 0 Å². The number of carbonyl (C=O) groups is 1. The number of halogens is 1. The van der Waals surface area contributed by atoms with E-state index in [9.17, 15) is 4.79 Å². The number of hydrogen-bond acceptors (Lipinski definition) is 6. The second-order valence-electron chi connectivity index (χ2n) is 2.92.